The Bertz CT molecular complexity index is 335. The molecule has 0 aliphatic rings. The first-order valence-electron chi connectivity index (χ1n) is 6.04. The molecular formula is C13H21N3O. The number of benzene rings is 1. The number of carbonyl (C=O) groups excluding carboxylic acids is 1. The number of aryl methyl sites for hydroxylation is 1. The molecule has 0 fully saturated rings. The summed E-state index contributed by atoms with van der Waals surface area (Å²) in [6.07, 6.45) is 1.11. The number of nitrogens with one attached hydrogen (secondary N) is 3. The van der Waals surface area contributed by atoms with E-state index in [-0.39, 0.29) is 6.03 Å². The average Bonchev–Trinajstić information content (AvgIpc) is 2.32. The van der Waals surface area contributed by atoms with Crippen molar-refractivity contribution >= 4 is 11.7 Å². The van der Waals surface area contributed by atoms with Gasteiger partial charge in [-0.1, -0.05) is 24.6 Å². The van der Waals surface area contributed by atoms with Gasteiger partial charge in [0.25, 0.3) is 0 Å². The Balaban J connectivity index is 2.18. The number of urea groups is 1. The third-order valence-corrected chi connectivity index (χ3v) is 2.32. The fourth-order valence-electron chi connectivity index (χ4n) is 1.38. The zero-order valence-electron chi connectivity index (χ0n) is 10.5. The largest absolute Gasteiger partial charge is 0.337 e. The van der Waals surface area contributed by atoms with Crippen molar-refractivity contribution in [2.45, 2.75) is 20.3 Å². The zero-order valence-corrected chi connectivity index (χ0v) is 10.5. The summed E-state index contributed by atoms with van der Waals surface area (Å²) >= 11 is 0. The van der Waals surface area contributed by atoms with E-state index in [1.54, 1.807) is 0 Å². The first-order valence-corrected chi connectivity index (χ1v) is 6.04. The third kappa shape index (κ3) is 5.92. The normalized spacial score (nSPS) is 10.0. The molecule has 0 heterocycles. The standard InChI is InChI=1S/C13H21N3O/c1-3-8-14-9-10-15-13(17)16-12-6-4-11(2)5-7-12/h4-7,14H,3,8-10H2,1-2H3,(H2,15,16,17). The number of anilines is 1. The van der Waals surface area contributed by atoms with Gasteiger partial charge < -0.3 is 16.0 Å². The minimum Gasteiger partial charge on any atom is -0.337 e. The van der Waals surface area contributed by atoms with Crippen molar-refractivity contribution in [3.05, 3.63) is 29.8 Å². The molecule has 1 aromatic rings. The van der Waals surface area contributed by atoms with Crippen LogP contribution in [0.3, 0.4) is 0 Å². The number of hydrogen-bond acceptors (Lipinski definition) is 2. The van der Waals surface area contributed by atoms with E-state index in [1.165, 1.54) is 5.56 Å². The van der Waals surface area contributed by atoms with Crippen LogP contribution in [0.1, 0.15) is 18.9 Å². The molecule has 1 rings (SSSR count). The minimum absolute atomic E-state index is 0.160. The van der Waals surface area contributed by atoms with Crippen LogP contribution in [0, 0.1) is 6.92 Å². The molecule has 0 unspecified atom stereocenters. The summed E-state index contributed by atoms with van der Waals surface area (Å²) in [6.45, 7) is 6.56. The van der Waals surface area contributed by atoms with Crippen molar-refractivity contribution in [2.75, 3.05) is 25.0 Å². The van der Waals surface area contributed by atoms with E-state index >= 15 is 0 Å². The highest BCUT2D eigenvalue weighted by molar-refractivity contribution is 5.89. The van der Waals surface area contributed by atoms with Crippen LogP contribution in [0.5, 0.6) is 0 Å². The molecule has 0 saturated heterocycles. The molecule has 17 heavy (non-hydrogen) atoms. The Hall–Kier alpha value is -1.55. The molecule has 0 atom stereocenters. The summed E-state index contributed by atoms with van der Waals surface area (Å²) in [7, 11) is 0. The lowest BCUT2D eigenvalue weighted by Crippen LogP contribution is -2.34. The van der Waals surface area contributed by atoms with E-state index in [1.807, 2.05) is 31.2 Å². The van der Waals surface area contributed by atoms with Crippen LogP contribution in [0.25, 0.3) is 0 Å². The van der Waals surface area contributed by atoms with Gasteiger partial charge >= 0.3 is 6.03 Å². The van der Waals surface area contributed by atoms with Gasteiger partial charge in [-0.25, -0.2) is 4.79 Å². The van der Waals surface area contributed by atoms with Crippen molar-refractivity contribution in [3.8, 4) is 0 Å². The van der Waals surface area contributed by atoms with Crippen LogP contribution in [0.2, 0.25) is 0 Å². The first-order chi connectivity index (χ1) is 8.22. The summed E-state index contributed by atoms with van der Waals surface area (Å²) in [4.78, 5) is 11.5. The summed E-state index contributed by atoms with van der Waals surface area (Å²) in [5.74, 6) is 0. The third-order valence-electron chi connectivity index (χ3n) is 2.32. The predicted molar refractivity (Wildman–Crippen MR) is 71.4 cm³/mol. The van der Waals surface area contributed by atoms with Gasteiger partial charge in [-0.15, -0.1) is 0 Å². The van der Waals surface area contributed by atoms with Gasteiger partial charge in [-0.2, -0.15) is 0 Å². The van der Waals surface area contributed by atoms with Crippen LogP contribution >= 0.6 is 0 Å². The molecule has 1 aromatic carbocycles. The molecule has 0 spiro atoms. The second-order valence-corrected chi connectivity index (χ2v) is 4.00. The Labute approximate surface area is 103 Å². The highest BCUT2D eigenvalue weighted by atomic mass is 16.2. The zero-order chi connectivity index (χ0) is 12.5. The Morgan fingerprint density at radius 3 is 2.47 bits per heavy atom. The fourth-order valence-corrected chi connectivity index (χ4v) is 1.38. The van der Waals surface area contributed by atoms with Gasteiger partial charge in [-0.3, -0.25) is 0 Å². The van der Waals surface area contributed by atoms with E-state index in [4.69, 9.17) is 0 Å². The Morgan fingerprint density at radius 1 is 1.12 bits per heavy atom. The molecule has 2 amide bonds. The lowest BCUT2D eigenvalue weighted by atomic mass is 10.2. The molecule has 0 aliphatic carbocycles. The molecule has 4 heteroatoms. The number of amides is 2. The van der Waals surface area contributed by atoms with Gasteiger partial charge in [-0.05, 0) is 32.0 Å². The highest BCUT2D eigenvalue weighted by Gasteiger charge is 1.99. The minimum atomic E-state index is -0.160. The molecule has 0 aromatic heterocycles. The van der Waals surface area contributed by atoms with Crippen LogP contribution in [0.15, 0.2) is 24.3 Å². The van der Waals surface area contributed by atoms with Crippen molar-refractivity contribution < 1.29 is 4.79 Å². The van der Waals surface area contributed by atoms with Gasteiger partial charge in [0.2, 0.25) is 0 Å². The Kier molecular flexibility index (Phi) is 6.10. The predicted octanol–water partition coefficient (Wildman–Crippen LogP) is 2.12. The Morgan fingerprint density at radius 2 is 1.82 bits per heavy atom. The smallest absolute Gasteiger partial charge is 0.319 e. The summed E-state index contributed by atoms with van der Waals surface area (Å²) < 4.78 is 0. The maximum absolute atomic E-state index is 11.5. The monoisotopic (exact) mass is 235 g/mol. The van der Waals surface area contributed by atoms with Gasteiger partial charge in [0.1, 0.15) is 0 Å². The lowest BCUT2D eigenvalue weighted by Gasteiger charge is -2.08. The number of hydrogen-bond donors (Lipinski definition) is 3. The van der Waals surface area contributed by atoms with Crippen molar-refractivity contribution in [1.82, 2.24) is 10.6 Å². The van der Waals surface area contributed by atoms with Crippen LogP contribution < -0.4 is 16.0 Å². The fraction of sp³-hybridized carbons (Fsp3) is 0.462. The maximum atomic E-state index is 11.5. The quantitative estimate of drug-likeness (QED) is 0.661. The molecular weight excluding hydrogens is 214 g/mol. The van der Waals surface area contributed by atoms with Gasteiger partial charge in [0, 0.05) is 18.8 Å². The molecule has 4 nitrogen and oxygen atoms in total. The van der Waals surface area contributed by atoms with Crippen molar-refractivity contribution in [3.63, 3.8) is 0 Å². The van der Waals surface area contributed by atoms with E-state index in [0.717, 1.165) is 25.2 Å². The molecule has 0 saturated carbocycles. The maximum Gasteiger partial charge on any atom is 0.319 e. The van der Waals surface area contributed by atoms with Gasteiger partial charge in [0.15, 0.2) is 0 Å². The molecule has 94 valence electrons. The molecule has 0 bridgehead atoms. The average molecular weight is 235 g/mol. The summed E-state index contributed by atoms with van der Waals surface area (Å²) in [5, 5.41) is 8.79. The van der Waals surface area contributed by atoms with E-state index in [0.29, 0.717) is 6.54 Å². The number of rotatable bonds is 6. The molecule has 3 N–H and O–H groups in total. The van der Waals surface area contributed by atoms with Crippen LogP contribution in [-0.4, -0.2) is 25.7 Å². The SMILES string of the molecule is CCCNCCNC(=O)Nc1ccc(C)cc1. The van der Waals surface area contributed by atoms with Crippen LogP contribution in [0.4, 0.5) is 10.5 Å². The van der Waals surface area contributed by atoms with Crippen LogP contribution in [-0.2, 0) is 0 Å². The second kappa shape index (κ2) is 7.68. The summed E-state index contributed by atoms with van der Waals surface area (Å²) in [6, 6.07) is 7.57. The lowest BCUT2D eigenvalue weighted by molar-refractivity contribution is 0.252. The van der Waals surface area contributed by atoms with E-state index in [9.17, 15) is 4.79 Å². The topological polar surface area (TPSA) is 53.2 Å². The number of carbonyl (C=O) groups is 1. The van der Waals surface area contributed by atoms with E-state index in [2.05, 4.69) is 22.9 Å². The second-order valence-electron chi connectivity index (χ2n) is 4.00. The van der Waals surface area contributed by atoms with Crippen molar-refractivity contribution in [1.29, 1.82) is 0 Å². The van der Waals surface area contributed by atoms with E-state index < -0.39 is 0 Å². The van der Waals surface area contributed by atoms with Crippen molar-refractivity contribution in [2.24, 2.45) is 0 Å². The summed E-state index contributed by atoms with van der Waals surface area (Å²) in [5.41, 5.74) is 1.99. The van der Waals surface area contributed by atoms with Gasteiger partial charge in [0.05, 0.1) is 0 Å². The molecule has 0 aliphatic heterocycles. The first kappa shape index (κ1) is 13.5. The highest BCUT2D eigenvalue weighted by Crippen LogP contribution is 2.07. The molecule has 0 radical (unpaired) electrons.